The van der Waals surface area contributed by atoms with Gasteiger partial charge in [0.05, 0.1) is 337 Å². The monoisotopic (exact) mass is 1240 g/mol. The minimum Gasteiger partial charge on any atom is -0.460 e. The molecule has 28 heteroatoms. The third-order valence-corrected chi connectivity index (χ3v) is 10.4. The second-order valence-electron chi connectivity index (χ2n) is 17.1. The normalized spacial score (nSPS) is 11.9. The van der Waals surface area contributed by atoms with E-state index in [-0.39, 0.29) is 19.2 Å². The molecule has 28 nitrogen and oxygen atoms in total. The van der Waals surface area contributed by atoms with Gasteiger partial charge in [-0.05, 0) is 13.8 Å². The number of ether oxygens (including phenoxy) is 26. The van der Waals surface area contributed by atoms with Crippen LogP contribution in [0.2, 0.25) is 0 Å². The first-order valence-electron chi connectivity index (χ1n) is 30.1. The van der Waals surface area contributed by atoms with Crippen molar-refractivity contribution in [3.05, 3.63) is 11.6 Å². The Labute approximate surface area is 506 Å². The third-order valence-electron chi connectivity index (χ3n) is 10.4. The maximum Gasteiger partial charge on any atom is 0.333 e. The van der Waals surface area contributed by atoms with Gasteiger partial charge in [0, 0.05) is 5.57 Å². The van der Waals surface area contributed by atoms with Crippen LogP contribution in [0.25, 0.3) is 0 Å². The van der Waals surface area contributed by atoms with Crippen LogP contribution < -0.4 is 0 Å². The summed E-state index contributed by atoms with van der Waals surface area (Å²) >= 11 is 0. The molecule has 0 aromatic carbocycles. The van der Waals surface area contributed by atoms with E-state index in [0.717, 1.165) is 0 Å². The van der Waals surface area contributed by atoms with Gasteiger partial charge in [-0.1, -0.05) is 6.08 Å². The van der Waals surface area contributed by atoms with E-state index in [2.05, 4.69) is 0 Å². The molecule has 0 fully saturated rings. The lowest BCUT2D eigenvalue weighted by Gasteiger charge is -2.09. The maximum absolute atomic E-state index is 11.5. The van der Waals surface area contributed by atoms with E-state index >= 15 is 0 Å². The minimum atomic E-state index is -0.329. The fourth-order valence-corrected chi connectivity index (χ4v) is 5.87. The number of hydrogen-bond acceptors (Lipinski definition) is 28. The maximum atomic E-state index is 11.5. The first kappa shape index (κ1) is 83.2. The number of esters is 1. The molecule has 0 aromatic rings. The standard InChI is InChI=1S/C57H112O28/c1-3-56(2)57(59)85-55-54-84-53-52-83-51-50-82-49-48-81-47-46-80-45-44-79-43-42-78-41-40-77-39-38-76-37-36-75-35-34-74-33-32-73-31-30-72-29-28-71-27-26-70-25-24-69-23-22-68-21-20-67-19-18-66-17-16-65-15-14-64-13-12-63-11-10-62-9-8-61-7-6-60-5-4-58/h3,58H,4-55H2,1-2H3. The van der Waals surface area contributed by atoms with E-state index in [1.807, 2.05) is 0 Å². The fraction of sp³-hybridized carbons (Fsp3) is 0.947. The average molecular weight is 1250 g/mol. The van der Waals surface area contributed by atoms with Crippen molar-refractivity contribution in [3.8, 4) is 0 Å². The zero-order valence-electron chi connectivity index (χ0n) is 51.8. The molecular formula is C57H112O28. The summed E-state index contributed by atoms with van der Waals surface area (Å²) in [6, 6.07) is 0. The number of hydrogen-bond donors (Lipinski definition) is 1. The highest BCUT2D eigenvalue weighted by atomic mass is 16.6. The van der Waals surface area contributed by atoms with E-state index in [4.69, 9.17) is 128 Å². The average Bonchev–Trinajstić information content (AvgIpc) is 3.51. The van der Waals surface area contributed by atoms with Gasteiger partial charge in [0.25, 0.3) is 0 Å². The first-order valence-corrected chi connectivity index (χ1v) is 30.1. The molecule has 0 heterocycles. The van der Waals surface area contributed by atoms with Crippen molar-refractivity contribution in [3.63, 3.8) is 0 Å². The van der Waals surface area contributed by atoms with E-state index in [1.54, 1.807) is 19.9 Å². The molecule has 0 aliphatic carbocycles. The summed E-state index contributed by atoms with van der Waals surface area (Å²) in [5, 5.41) is 8.61. The molecule has 508 valence electrons. The number of aliphatic hydroxyl groups excluding tert-OH is 1. The summed E-state index contributed by atoms with van der Waals surface area (Å²) in [5.41, 5.74) is 0.576. The van der Waals surface area contributed by atoms with Gasteiger partial charge in [0.2, 0.25) is 0 Å². The molecule has 0 unspecified atom stereocenters. The van der Waals surface area contributed by atoms with Crippen molar-refractivity contribution in [2.75, 3.05) is 344 Å². The number of rotatable bonds is 78. The Morgan fingerprint density at radius 2 is 0.318 bits per heavy atom. The van der Waals surface area contributed by atoms with Crippen molar-refractivity contribution >= 4 is 5.97 Å². The first-order chi connectivity index (χ1) is 42.2. The van der Waals surface area contributed by atoms with Crippen molar-refractivity contribution in [2.24, 2.45) is 0 Å². The van der Waals surface area contributed by atoms with E-state index in [9.17, 15) is 4.79 Å². The molecule has 0 aliphatic rings. The molecule has 0 rings (SSSR count). The SMILES string of the molecule is CC=C(C)C(=O)OCCOCCOCCOCCOCCOCCOCCOCCOCCOCCOCCOCCOCCOCCOCCOCCOCCOCCOCCOCCOCCOCCOCCOCCOCCOCCO. The fourth-order valence-electron chi connectivity index (χ4n) is 5.87. The zero-order valence-corrected chi connectivity index (χ0v) is 51.8. The lowest BCUT2D eigenvalue weighted by atomic mass is 10.3. The molecule has 0 spiro atoms. The number of carbonyl (C=O) groups excluding carboxylic acids is 1. The molecular weight excluding hydrogens is 1130 g/mol. The lowest BCUT2D eigenvalue weighted by Crippen LogP contribution is -2.16. The van der Waals surface area contributed by atoms with Gasteiger partial charge in [0.15, 0.2) is 0 Å². The van der Waals surface area contributed by atoms with Crippen LogP contribution in [0.1, 0.15) is 13.8 Å². The highest BCUT2D eigenvalue weighted by Gasteiger charge is 2.04. The van der Waals surface area contributed by atoms with Gasteiger partial charge in [-0.25, -0.2) is 4.79 Å². The molecule has 0 radical (unpaired) electrons. The summed E-state index contributed by atoms with van der Waals surface area (Å²) in [4.78, 5) is 11.5. The largest absolute Gasteiger partial charge is 0.460 e. The Morgan fingerprint density at radius 3 is 0.424 bits per heavy atom. The van der Waals surface area contributed by atoms with Crippen molar-refractivity contribution in [1.29, 1.82) is 0 Å². The summed E-state index contributed by atoms with van der Waals surface area (Å²) < 4.78 is 142. The quantitative estimate of drug-likeness (QED) is 0.0503. The highest BCUT2D eigenvalue weighted by molar-refractivity contribution is 5.87. The predicted molar refractivity (Wildman–Crippen MR) is 308 cm³/mol. The molecule has 0 saturated carbocycles. The summed E-state index contributed by atoms with van der Waals surface area (Å²) in [7, 11) is 0. The van der Waals surface area contributed by atoms with Crippen molar-refractivity contribution < 1.29 is 133 Å². The molecule has 0 bridgehead atoms. The molecule has 1 N–H and O–H groups in total. The second kappa shape index (κ2) is 78.3. The Balaban J connectivity index is 3.10. The Kier molecular flexibility index (Phi) is 76.6. The smallest absolute Gasteiger partial charge is 0.333 e. The summed E-state index contributed by atoms with van der Waals surface area (Å²) in [6.45, 7) is 27.4. The summed E-state index contributed by atoms with van der Waals surface area (Å²) in [5.74, 6) is -0.329. The topological polar surface area (TPSA) is 277 Å². The van der Waals surface area contributed by atoms with Crippen LogP contribution >= 0.6 is 0 Å². The van der Waals surface area contributed by atoms with Gasteiger partial charge < -0.3 is 128 Å². The molecule has 85 heavy (non-hydrogen) atoms. The lowest BCUT2D eigenvalue weighted by molar-refractivity contribution is -0.140. The molecule has 0 amide bonds. The van der Waals surface area contributed by atoms with Gasteiger partial charge in [-0.15, -0.1) is 0 Å². The Bertz CT molecular complexity index is 1270. The Morgan fingerprint density at radius 1 is 0.212 bits per heavy atom. The van der Waals surface area contributed by atoms with Gasteiger partial charge in [0.1, 0.15) is 6.61 Å². The molecule has 0 atom stereocenters. The van der Waals surface area contributed by atoms with Crippen LogP contribution in [0, 0.1) is 0 Å². The Hall–Kier alpha value is -1.83. The van der Waals surface area contributed by atoms with Crippen LogP contribution in [0.3, 0.4) is 0 Å². The molecule has 0 aliphatic heterocycles. The van der Waals surface area contributed by atoms with Gasteiger partial charge in [-0.2, -0.15) is 0 Å². The van der Waals surface area contributed by atoms with Crippen LogP contribution in [-0.2, 0) is 128 Å². The molecule has 0 saturated heterocycles. The molecule has 0 aromatic heterocycles. The third kappa shape index (κ3) is 76.3. The van der Waals surface area contributed by atoms with E-state index in [1.165, 1.54) is 0 Å². The van der Waals surface area contributed by atoms with Gasteiger partial charge >= 0.3 is 5.97 Å². The zero-order chi connectivity index (χ0) is 61.0. The summed E-state index contributed by atoms with van der Waals surface area (Å²) in [6.07, 6.45) is 1.71. The van der Waals surface area contributed by atoms with Crippen molar-refractivity contribution in [2.45, 2.75) is 13.8 Å². The van der Waals surface area contributed by atoms with Crippen LogP contribution in [0.4, 0.5) is 0 Å². The van der Waals surface area contributed by atoms with E-state index < -0.39 is 0 Å². The van der Waals surface area contributed by atoms with E-state index in [0.29, 0.717) is 336 Å². The second-order valence-corrected chi connectivity index (χ2v) is 17.1. The number of aliphatic hydroxyl groups is 1. The van der Waals surface area contributed by atoms with Gasteiger partial charge in [-0.3, -0.25) is 0 Å². The number of carbonyl (C=O) groups is 1. The number of allylic oxidation sites excluding steroid dienone is 1. The van der Waals surface area contributed by atoms with Crippen LogP contribution in [-0.4, -0.2) is 355 Å². The highest BCUT2D eigenvalue weighted by Crippen LogP contribution is 1.96. The minimum absolute atomic E-state index is 0.0167. The predicted octanol–water partition coefficient (Wildman–Crippen LogP) is 0.903. The van der Waals surface area contributed by atoms with Crippen molar-refractivity contribution in [1.82, 2.24) is 0 Å². The van der Waals surface area contributed by atoms with Crippen LogP contribution in [0.5, 0.6) is 0 Å². The van der Waals surface area contributed by atoms with Crippen LogP contribution in [0.15, 0.2) is 11.6 Å².